The van der Waals surface area contributed by atoms with Crippen molar-refractivity contribution >= 4 is 23.6 Å². The van der Waals surface area contributed by atoms with Gasteiger partial charge in [0.25, 0.3) is 5.91 Å². The molecule has 1 saturated heterocycles. The lowest BCUT2D eigenvalue weighted by molar-refractivity contribution is 0.0773. The van der Waals surface area contributed by atoms with Gasteiger partial charge in [-0.25, -0.2) is 4.39 Å². The molecule has 1 fully saturated rings. The fourth-order valence-corrected chi connectivity index (χ4v) is 5.03. The Morgan fingerprint density at radius 3 is 2.28 bits per heavy atom. The minimum atomic E-state index is -0.405. The van der Waals surface area contributed by atoms with Crippen molar-refractivity contribution in [2.45, 2.75) is 39.3 Å². The van der Waals surface area contributed by atoms with Crippen molar-refractivity contribution in [2.75, 3.05) is 31.1 Å². The molecule has 188 valence electrons. The predicted octanol–water partition coefficient (Wildman–Crippen LogP) is 5.92. The molecule has 1 aliphatic heterocycles. The number of rotatable bonds is 9. The molecular weight excluding hydrogens is 453 g/mol. The second kappa shape index (κ2) is 12.0. The fraction of sp³-hybridized carbons (Fsp3) is 0.333. The Morgan fingerprint density at radius 2 is 1.61 bits per heavy atom. The Morgan fingerprint density at radius 1 is 0.944 bits per heavy atom. The topological polar surface area (TPSA) is 43.9 Å². The van der Waals surface area contributed by atoms with Gasteiger partial charge in [-0.2, -0.15) is 0 Å². The predicted molar refractivity (Wildman–Crippen MR) is 142 cm³/mol. The molecule has 0 radical (unpaired) electrons. The molecule has 1 heterocycles. The number of piperidine rings is 1. The minimum Gasteiger partial charge on any atom is -0.339 e. The van der Waals surface area contributed by atoms with Crippen LogP contribution in [-0.2, 0) is 6.54 Å². The van der Waals surface area contributed by atoms with Gasteiger partial charge in [-0.05, 0) is 62.6 Å². The molecule has 0 bridgehead atoms. The first-order valence-corrected chi connectivity index (χ1v) is 12.7. The number of hydrogen-bond acceptors (Lipinski definition) is 4. The van der Waals surface area contributed by atoms with Crippen LogP contribution in [0.3, 0.4) is 0 Å². The van der Waals surface area contributed by atoms with Crippen molar-refractivity contribution in [2.24, 2.45) is 0 Å². The van der Waals surface area contributed by atoms with Gasteiger partial charge in [-0.1, -0.05) is 42.5 Å². The van der Waals surface area contributed by atoms with E-state index in [2.05, 4.69) is 29.2 Å². The molecule has 3 aromatic rings. The maximum atomic E-state index is 15.3. The van der Waals surface area contributed by atoms with E-state index in [4.69, 9.17) is 0 Å². The number of hydrogen-bond donors (Lipinski definition) is 0. The molecule has 4 rings (SSSR count). The van der Waals surface area contributed by atoms with Crippen LogP contribution in [0.4, 0.5) is 15.8 Å². The average Bonchev–Trinajstić information content (AvgIpc) is 2.92. The van der Waals surface area contributed by atoms with E-state index in [0.29, 0.717) is 35.6 Å². The van der Waals surface area contributed by atoms with E-state index in [1.54, 1.807) is 11.0 Å². The summed E-state index contributed by atoms with van der Waals surface area (Å²) < 4.78 is 15.3. The molecule has 0 atom stereocenters. The summed E-state index contributed by atoms with van der Waals surface area (Å²) in [5, 5.41) is 0. The number of amides is 1. The van der Waals surface area contributed by atoms with Gasteiger partial charge in [-0.3, -0.25) is 14.5 Å². The number of nitrogens with zero attached hydrogens (tertiary/aromatic N) is 3. The van der Waals surface area contributed by atoms with Gasteiger partial charge < -0.3 is 9.80 Å². The van der Waals surface area contributed by atoms with E-state index < -0.39 is 5.82 Å². The number of para-hydroxylation sites is 1. The average molecular weight is 488 g/mol. The lowest BCUT2D eigenvalue weighted by Crippen LogP contribution is -2.44. The summed E-state index contributed by atoms with van der Waals surface area (Å²) in [5.74, 6) is -0.480. The molecule has 0 N–H and O–H groups in total. The molecule has 1 amide bonds. The highest BCUT2D eigenvalue weighted by Gasteiger charge is 2.31. The second-order valence-corrected chi connectivity index (χ2v) is 9.19. The van der Waals surface area contributed by atoms with Crippen LogP contribution in [0.15, 0.2) is 72.8 Å². The Balaban J connectivity index is 1.69. The van der Waals surface area contributed by atoms with Crippen LogP contribution in [0, 0.1) is 5.82 Å². The van der Waals surface area contributed by atoms with Gasteiger partial charge in [0.1, 0.15) is 12.1 Å². The van der Waals surface area contributed by atoms with Gasteiger partial charge in [0.2, 0.25) is 0 Å². The highest BCUT2D eigenvalue weighted by atomic mass is 19.1. The van der Waals surface area contributed by atoms with Gasteiger partial charge in [0.15, 0.2) is 0 Å². The number of benzene rings is 3. The maximum Gasteiger partial charge on any atom is 0.255 e. The quantitative estimate of drug-likeness (QED) is 0.351. The van der Waals surface area contributed by atoms with Crippen molar-refractivity contribution in [1.29, 1.82) is 0 Å². The minimum absolute atomic E-state index is 0.0147. The normalized spacial score (nSPS) is 14.4. The Hall–Kier alpha value is -3.51. The van der Waals surface area contributed by atoms with Crippen LogP contribution in [0.2, 0.25) is 0 Å². The lowest BCUT2D eigenvalue weighted by Gasteiger charge is -2.41. The molecule has 5 nitrogen and oxygen atoms in total. The van der Waals surface area contributed by atoms with Gasteiger partial charge >= 0.3 is 0 Å². The van der Waals surface area contributed by atoms with Crippen LogP contribution in [-0.4, -0.2) is 54.2 Å². The molecule has 36 heavy (non-hydrogen) atoms. The molecule has 6 heteroatoms. The van der Waals surface area contributed by atoms with Crippen LogP contribution in [0.25, 0.3) is 0 Å². The van der Waals surface area contributed by atoms with Crippen LogP contribution in [0.5, 0.6) is 0 Å². The Labute approximate surface area is 213 Å². The highest BCUT2D eigenvalue weighted by molar-refractivity contribution is 6.01. The molecule has 0 aromatic heterocycles. The molecule has 3 aromatic carbocycles. The SMILES string of the molecule is CCN(CC)C(=O)c1ccccc1N(c1cc(C=O)ccc1F)C1CCN(Cc2ccccc2)CC1. The van der Waals surface area contributed by atoms with E-state index in [1.807, 2.05) is 49.1 Å². The van der Waals surface area contributed by atoms with Crippen molar-refractivity contribution in [1.82, 2.24) is 9.80 Å². The largest absolute Gasteiger partial charge is 0.339 e. The number of likely N-dealkylation sites (tertiary alicyclic amines) is 1. The number of halogens is 1. The molecule has 0 unspecified atom stereocenters. The molecule has 0 aliphatic carbocycles. The zero-order chi connectivity index (χ0) is 25.5. The highest BCUT2D eigenvalue weighted by Crippen LogP contribution is 2.37. The summed E-state index contributed by atoms with van der Waals surface area (Å²) >= 11 is 0. The first kappa shape index (κ1) is 25.6. The maximum absolute atomic E-state index is 15.3. The third-order valence-corrected chi connectivity index (χ3v) is 6.98. The zero-order valence-corrected chi connectivity index (χ0v) is 21.1. The second-order valence-electron chi connectivity index (χ2n) is 9.19. The summed E-state index contributed by atoms with van der Waals surface area (Å²) in [4.78, 5) is 31.2. The molecular formula is C30H34FN3O2. The molecule has 1 aliphatic rings. The first-order chi connectivity index (χ1) is 17.5. The number of carbonyl (C=O) groups is 2. The van der Waals surface area contributed by atoms with Crippen LogP contribution < -0.4 is 4.90 Å². The van der Waals surface area contributed by atoms with Crippen LogP contribution in [0.1, 0.15) is 53.0 Å². The number of anilines is 2. The number of aldehydes is 1. The van der Waals surface area contributed by atoms with E-state index in [-0.39, 0.29) is 11.9 Å². The summed E-state index contributed by atoms with van der Waals surface area (Å²) in [6, 6.07) is 22.2. The smallest absolute Gasteiger partial charge is 0.255 e. The molecule has 0 spiro atoms. The Kier molecular flexibility index (Phi) is 8.49. The van der Waals surface area contributed by atoms with Crippen molar-refractivity contribution in [3.8, 4) is 0 Å². The summed E-state index contributed by atoms with van der Waals surface area (Å²) in [6.45, 7) is 7.69. The fourth-order valence-electron chi connectivity index (χ4n) is 5.03. The van der Waals surface area contributed by atoms with Crippen molar-refractivity contribution in [3.63, 3.8) is 0 Å². The molecule has 0 saturated carbocycles. The summed E-state index contributed by atoms with van der Waals surface area (Å²) in [7, 11) is 0. The van der Waals surface area contributed by atoms with E-state index in [0.717, 1.165) is 38.8 Å². The summed E-state index contributed by atoms with van der Waals surface area (Å²) in [5.41, 5.74) is 3.24. The Bertz CT molecular complexity index is 1170. The van der Waals surface area contributed by atoms with E-state index >= 15 is 4.39 Å². The van der Waals surface area contributed by atoms with Crippen molar-refractivity contribution < 1.29 is 14.0 Å². The van der Waals surface area contributed by atoms with Gasteiger partial charge in [0.05, 0.1) is 16.9 Å². The third-order valence-electron chi connectivity index (χ3n) is 6.98. The first-order valence-electron chi connectivity index (χ1n) is 12.7. The van der Waals surface area contributed by atoms with Crippen LogP contribution >= 0.6 is 0 Å². The van der Waals surface area contributed by atoms with E-state index in [9.17, 15) is 9.59 Å². The lowest BCUT2D eigenvalue weighted by atomic mass is 9.98. The number of carbonyl (C=O) groups excluding carboxylic acids is 2. The van der Waals surface area contributed by atoms with Gasteiger partial charge in [0, 0.05) is 44.3 Å². The third kappa shape index (κ3) is 5.65. The monoisotopic (exact) mass is 487 g/mol. The van der Waals surface area contributed by atoms with Crippen molar-refractivity contribution in [3.05, 3.63) is 95.3 Å². The zero-order valence-electron chi connectivity index (χ0n) is 21.1. The van der Waals surface area contributed by atoms with E-state index in [1.165, 1.54) is 17.7 Å². The summed E-state index contributed by atoms with van der Waals surface area (Å²) in [6.07, 6.45) is 2.35. The van der Waals surface area contributed by atoms with Gasteiger partial charge in [-0.15, -0.1) is 0 Å². The standard InChI is InChI=1S/C30H34FN3O2/c1-3-33(4-2)30(36)26-12-8-9-13-28(26)34(29-20-24(22-35)14-15-27(29)31)25-16-18-32(19-17-25)21-23-10-6-5-7-11-23/h5-15,20,22,25H,3-4,16-19,21H2,1-2H3.